The summed E-state index contributed by atoms with van der Waals surface area (Å²) >= 11 is 0. The first-order valence-electron chi connectivity index (χ1n) is 18.9. The molecule has 0 spiro atoms. The van der Waals surface area contributed by atoms with Gasteiger partial charge in [0, 0.05) is 12.1 Å². The van der Waals surface area contributed by atoms with E-state index in [1.54, 1.807) is 12.1 Å². The van der Waals surface area contributed by atoms with Crippen molar-refractivity contribution < 1.29 is 14.7 Å². The summed E-state index contributed by atoms with van der Waals surface area (Å²) in [6.07, 6.45) is 30.3. The molecule has 0 aliphatic heterocycles. The van der Waals surface area contributed by atoms with E-state index in [-0.39, 0.29) is 27.7 Å². The lowest BCUT2D eigenvalue weighted by Gasteiger charge is -2.68. The fraction of sp³-hybridized carbons (Fsp3) is 0.644. The van der Waals surface area contributed by atoms with Crippen LogP contribution in [0.2, 0.25) is 0 Å². The van der Waals surface area contributed by atoms with E-state index in [0.29, 0.717) is 47.1 Å². The van der Waals surface area contributed by atoms with Crippen LogP contribution in [0, 0.1) is 76.9 Å². The quantitative estimate of drug-likeness (QED) is 0.213. The summed E-state index contributed by atoms with van der Waals surface area (Å²) in [5, 5.41) is 12.7. The molecule has 0 bridgehead atoms. The summed E-state index contributed by atoms with van der Waals surface area (Å²) in [6.45, 7) is 24.7. The fourth-order valence-electron chi connectivity index (χ4n) is 12.0. The van der Waals surface area contributed by atoms with Crippen LogP contribution in [0.4, 0.5) is 0 Å². The highest BCUT2D eigenvalue weighted by molar-refractivity contribution is 5.88. The van der Waals surface area contributed by atoms with Gasteiger partial charge in [-0.1, -0.05) is 66.2 Å². The molecule has 4 saturated carbocycles. The molecular formula is C45H68N2O3. The van der Waals surface area contributed by atoms with Crippen LogP contribution < -0.4 is 11.1 Å². The number of hydrogen-bond acceptors (Lipinski definition) is 3. The molecule has 4 N–H and O–H groups in total. The van der Waals surface area contributed by atoms with Crippen LogP contribution in [0.15, 0.2) is 43.5 Å². The van der Waals surface area contributed by atoms with E-state index in [4.69, 9.17) is 5.73 Å². The third-order valence-electron chi connectivity index (χ3n) is 13.7. The van der Waals surface area contributed by atoms with E-state index >= 15 is 0 Å². The summed E-state index contributed by atoms with van der Waals surface area (Å²) in [5.41, 5.74) is 9.19. The van der Waals surface area contributed by atoms with Gasteiger partial charge < -0.3 is 16.2 Å². The number of terminal acetylenes is 2. The highest BCUT2D eigenvalue weighted by atomic mass is 16.4. The van der Waals surface area contributed by atoms with Crippen molar-refractivity contribution in [1.82, 2.24) is 5.32 Å². The largest absolute Gasteiger partial charge is 0.478 e. The molecule has 0 radical (unpaired) electrons. The maximum absolute atomic E-state index is 13.8. The van der Waals surface area contributed by atoms with Crippen molar-refractivity contribution in [2.45, 2.75) is 125 Å². The normalized spacial score (nSPS) is 34.3. The third-order valence-corrected chi connectivity index (χ3v) is 13.7. The predicted octanol–water partition coefficient (Wildman–Crippen LogP) is 10.0. The zero-order valence-electron chi connectivity index (χ0n) is 32.6. The van der Waals surface area contributed by atoms with Gasteiger partial charge in [-0.05, 0) is 141 Å². The minimum Gasteiger partial charge on any atom is -0.478 e. The summed E-state index contributed by atoms with van der Waals surface area (Å²) in [5.74, 6) is 2.59. The first kappa shape index (κ1) is 42.9. The number of carbonyl (C=O) groups is 2. The van der Waals surface area contributed by atoms with Crippen molar-refractivity contribution in [1.29, 1.82) is 0 Å². The number of benzene rings is 1. The number of fused-ring (bicyclic) bond motifs is 7. The summed E-state index contributed by atoms with van der Waals surface area (Å²) in [4.78, 5) is 25.2. The lowest BCUT2D eigenvalue weighted by molar-refractivity contribution is -0.181. The summed E-state index contributed by atoms with van der Waals surface area (Å²) < 4.78 is 0. The number of rotatable bonds is 5. The van der Waals surface area contributed by atoms with Crippen LogP contribution >= 0.6 is 0 Å². The van der Waals surface area contributed by atoms with Crippen molar-refractivity contribution in [3.63, 3.8) is 0 Å². The minimum absolute atomic E-state index is 0.0257. The molecule has 4 fully saturated rings. The predicted molar refractivity (Wildman–Crippen MR) is 211 cm³/mol. The zero-order valence-corrected chi connectivity index (χ0v) is 32.6. The Bertz CT molecular complexity index is 1370. The Labute approximate surface area is 305 Å². The Kier molecular flexibility index (Phi) is 14.4. The standard InChI is InChI=1S/C37H54N2O3.C2H6.C2H4.2C2H2/c1-33(2,38)22-39-32(42)37-18-7-8-28(37)25-13-14-30-35(5,27(25)16-21-37)20-17-29-34(3,4)26(15-19-36(29,30)6)23-9-11-24(12-10-23)31(40)41;4*1-2/h9-12,15,25,27-30H,7-8,13-14,16-22,38H2,1-6H3,(H,39,42)(H,40,41);1-2H3;1-2H2;2*1-2H/t25-,27?,28?,29?,30?,35-,36-,37-;;;;/m0..../s1. The van der Waals surface area contributed by atoms with Crippen molar-refractivity contribution in [3.8, 4) is 25.7 Å². The van der Waals surface area contributed by atoms with E-state index in [2.05, 4.69) is 77.9 Å². The second-order valence-electron chi connectivity index (χ2n) is 16.8. The Morgan fingerprint density at radius 1 is 0.860 bits per heavy atom. The third kappa shape index (κ3) is 7.51. The lowest BCUT2D eigenvalue weighted by atomic mass is 9.36. The van der Waals surface area contributed by atoms with E-state index < -0.39 is 5.97 Å². The SMILES string of the molecule is C#C.C#C.C=C.CC.CC(C)(N)CNC(=O)[C@]12CCCC1[C@H]1CCC3[C@@](C)(CCC4C(C)(C)C(c5ccc(C(=O)O)cc5)=CC[C@@]43C)C1CC2. The number of carboxylic acids is 1. The van der Waals surface area contributed by atoms with Crippen molar-refractivity contribution in [2.75, 3.05) is 6.54 Å². The molecule has 4 unspecified atom stereocenters. The molecule has 0 saturated heterocycles. The summed E-state index contributed by atoms with van der Waals surface area (Å²) in [6, 6.07) is 7.53. The summed E-state index contributed by atoms with van der Waals surface area (Å²) in [7, 11) is 0. The van der Waals surface area contributed by atoms with Crippen molar-refractivity contribution >= 4 is 17.4 Å². The first-order chi connectivity index (χ1) is 23.6. The molecule has 0 aromatic heterocycles. The highest BCUT2D eigenvalue weighted by Crippen LogP contribution is 2.73. The Hall–Kier alpha value is -3.28. The number of nitrogens with two attached hydrogens (primary N) is 1. The zero-order chi connectivity index (χ0) is 38.3. The average Bonchev–Trinajstić information content (AvgIpc) is 3.56. The van der Waals surface area contributed by atoms with Crippen LogP contribution in [0.3, 0.4) is 0 Å². The molecule has 5 heteroatoms. The number of carboxylic acid groups (broad SMARTS) is 1. The van der Waals surface area contributed by atoms with Gasteiger partial charge in [-0.2, -0.15) is 0 Å². The lowest BCUT2D eigenvalue weighted by Crippen LogP contribution is -2.62. The molecule has 5 aliphatic carbocycles. The average molecular weight is 685 g/mol. The molecule has 50 heavy (non-hydrogen) atoms. The molecule has 8 atom stereocenters. The minimum atomic E-state index is -0.870. The van der Waals surface area contributed by atoms with Gasteiger partial charge in [0.05, 0.1) is 11.0 Å². The van der Waals surface area contributed by atoms with Crippen LogP contribution in [-0.4, -0.2) is 29.1 Å². The second kappa shape index (κ2) is 16.8. The number of nitrogens with one attached hydrogen (secondary N) is 1. The number of carbonyl (C=O) groups excluding carboxylic acids is 1. The highest BCUT2D eigenvalue weighted by Gasteiger charge is 2.66. The van der Waals surface area contributed by atoms with E-state index in [1.165, 1.54) is 56.1 Å². The fourth-order valence-corrected chi connectivity index (χ4v) is 12.0. The Morgan fingerprint density at radius 3 is 2.02 bits per heavy atom. The van der Waals surface area contributed by atoms with E-state index in [1.807, 2.05) is 39.8 Å². The molecule has 0 heterocycles. The van der Waals surface area contributed by atoms with Gasteiger partial charge >= 0.3 is 5.97 Å². The van der Waals surface area contributed by atoms with E-state index in [0.717, 1.165) is 19.3 Å². The van der Waals surface area contributed by atoms with Gasteiger partial charge in [0.25, 0.3) is 0 Å². The van der Waals surface area contributed by atoms with E-state index in [9.17, 15) is 14.7 Å². The molecule has 1 amide bonds. The molecular weight excluding hydrogens is 617 g/mol. The van der Waals surface area contributed by atoms with Gasteiger partial charge in [0.2, 0.25) is 5.91 Å². The van der Waals surface area contributed by atoms with Gasteiger partial charge in [-0.15, -0.1) is 38.9 Å². The molecule has 6 rings (SSSR count). The molecule has 276 valence electrons. The smallest absolute Gasteiger partial charge is 0.335 e. The Morgan fingerprint density at radius 2 is 1.46 bits per heavy atom. The molecule has 5 aliphatic rings. The first-order valence-corrected chi connectivity index (χ1v) is 18.9. The van der Waals surface area contributed by atoms with Crippen LogP contribution in [0.1, 0.15) is 136 Å². The topological polar surface area (TPSA) is 92.4 Å². The number of amides is 1. The number of aromatic carboxylic acids is 1. The van der Waals surface area contributed by atoms with Gasteiger partial charge in [-0.25, -0.2) is 4.79 Å². The maximum atomic E-state index is 13.8. The van der Waals surface area contributed by atoms with Gasteiger partial charge in [0.1, 0.15) is 0 Å². The van der Waals surface area contributed by atoms with Crippen molar-refractivity contribution in [2.24, 2.45) is 57.0 Å². The van der Waals surface area contributed by atoms with Gasteiger partial charge in [0.15, 0.2) is 0 Å². The second-order valence-corrected chi connectivity index (χ2v) is 16.8. The molecule has 1 aromatic rings. The monoisotopic (exact) mass is 685 g/mol. The van der Waals surface area contributed by atoms with Crippen molar-refractivity contribution in [3.05, 3.63) is 54.6 Å². The Balaban J connectivity index is 0.00000101. The maximum Gasteiger partial charge on any atom is 0.335 e. The number of hydrogen-bond donors (Lipinski definition) is 3. The van der Waals surface area contributed by atoms with Crippen LogP contribution in [-0.2, 0) is 4.79 Å². The van der Waals surface area contributed by atoms with Gasteiger partial charge in [-0.3, -0.25) is 4.79 Å². The number of allylic oxidation sites excluding steroid dienone is 2. The van der Waals surface area contributed by atoms with Crippen LogP contribution in [0.25, 0.3) is 5.57 Å². The van der Waals surface area contributed by atoms with Crippen LogP contribution in [0.5, 0.6) is 0 Å². The molecule has 1 aromatic carbocycles. The molecule has 5 nitrogen and oxygen atoms in total.